The van der Waals surface area contributed by atoms with Crippen LogP contribution >= 0.6 is 0 Å². The molecule has 88 valence electrons. The van der Waals surface area contributed by atoms with Crippen LogP contribution in [0.2, 0.25) is 0 Å². The predicted molar refractivity (Wildman–Crippen MR) is 68.6 cm³/mol. The Hall–Kier alpha value is -1.61. The highest BCUT2D eigenvalue weighted by molar-refractivity contribution is 5.89. The fraction of sp³-hybridized carbons (Fsp3) is 0.357. The van der Waals surface area contributed by atoms with Crippen LogP contribution < -0.4 is 0 Å². The minimum Gasteiger partial charge on any atom is -0.356 e. The van der Waals surface area contributed by atoms with E-state index in [0.717, 1.165) is 29.8 Å². The molecule has 1 atom stereocenters. The highest BCUT2D eigenvalue weighted by Gasteiger charge is 2.19. The molecule has 3 rings (SSSR count). The van der Waals surface area contributed by atoms with Gasteiger partial charge in [-0.15, -0.1) is 0 Å². The molecule has 0 amide bonds. The van der Waals surface area contributed by atoms with Crippen LogP contribution in [-0.2, 0) is 0 Å². The number of rotatable bonds is 1. The van der Waals surface area contributed by atoms with Gasteiger partial charge in [0.15, 0.2) is 5.58 Å². The van der Waals surface area contributed by atoms with Gasteiger partial charge in [-0.05, 0) is 30.7 Å². The van der Waals surface area contributed by atoms with Gasteiger partial charge in [0.05, 0.1) is 0 Å². The van der Waals surface area contributed by atoms with Crippen LogP contribution in [0, 0.1) is 5.92 Å². The number of benzene rings is 1. The molecular formula is C14H16N2O. The molecule has 0 radical (unpaired) electrons. The largest absolute Gasteiger partial charge is 0.356 e. The van der Waals surface area contributed by atoms with Crippen LogP contribution in [0.15, 0.2) is 34.9 Å². The van der Waals surface area contributed by atoms with Gasteiger partial charge in [-0.1, -0.05) is 30.3 Å². The lowest BCUT2D eigenvalue weighted by atomic mass is 9.98. The van der Waals surface area contributed by atoms with Crippen molar-refractivity contribution in [1.82, 2.24) is 10.1 Å². The van der Waals surface area contributed by atoms with E-state index in [1.54, 1.807) is 0 Å². The smallest absolute Gasteiger partial charge is 0.167 e. The molecule has 0 bridgehead atoms. The molecular weight excluding hydrogens is 212 g/mol. The molecule has 17 heavy (non-hydrogen) atoms. The molecule has 1 unspecified atom stereocenters. The van der Waals surface area contributed by atoms with Gasteiger partial charge < -0.3 is 9.42 Å². The van der Waals surface area contributed by atoms with E-state index in [4.69, 9.17) is 4.52 Å². The van der Waals surface area contributed by atoms with Gasteiger partial charge in [0, 0.05) is 18.5 Å². The van der Waals surface area contributed by atoms with Crippen LogP contribution in [0.5, 0.6) is 0 Å². The molecule has 1 aliphatic heterocycles. The second-order valence-electron chi connectivity index (χ2n) is 4.89. The van der Waals surface area contributed by atoms with E-state index in [0.29, 0.717) is 5.92 Å². The molecule has 0 spiro atoms. The molecule has 2 heterocycles. The maximum atomic E-state index is 5.36. The van der Waals surface area contributed by atoms with Gasteiger partial charge in [-0.25, -0.2) is 0 Å². The molecule has 1 aliphatic rings. The first-order valence-electron chi connectivity index (χ1n) is 5.98. The average molecular weight is 228 g/mol. The second-order valence-corrected chi connectivity index (χ2v) is 4.89. The number of aromatic nitrogens is 1. The summed E-state index contributed by atoms with van der Waals surface area (Å²) < 4.78 is 5.36. The zero-order valence-electron chi connectivity index (χ0n) is 10.2. The quantitative estimate of drug-likeness (QED) is 0.751. The Balaban J connectivity index is 2.09. The highest BCUT2D eigenvalue weighted by atomic mass is 16.5. The number of hydrogen-bond donors (Lipinski definition) is 0. The second kappa shape index (κ2) is 4.00. The number of fused-ring (bicyclic) bond motifs is 1. The summed E-state index contributed by atoms with van der Waals surface area (Å²) in [6.07, 6.45) is 2.31. The fourth-order valence-corrected chi connectivity index (χ4v) is 2.57. The summed E-state index contributed by atoms with van der Waals surface area (Å²) in [6, 6.07) is 8.03. The normalized spacial score (nSPS) is 21.8. The summed E-state index contributed by atoms with van der Waals surface area (Å²) >= 11 is 0. The topological polar surface area (TPSA) is 29.3 Å². The first-order chi connectivity index (χ1) is 8.24. The van der Waals surface area contributed by atoms with Crippen molar-refractivity contribution in [3.63, 3.8) is 0 Å². The van der Waals surface area contributed by atoms with E-state index in [1.165, 1.54) is 5.57 Å². The van der Waals surface area contributed by atoms with Crippen molar-refractivity contribution < 1.29 is 4.52 Å². The number of para-hydroxylation sites is 1. The molecule has 0 N–H and O–H groups in total. The fourth-order valence-electron chi connectivity index (χ4n) is 2.57. The zero-order valence-corrected chi connectivity index (χ0v) is 10.2. The first-order valence-corrected chi connectivity index (χ1v) is 5.98. The van der Waals surface area contributed by atoms with Gasteiger partial charge >= 0.3 is 0 Å². The molecule has 0 saturated heterocycles. The van der Waals surface area contributed by atoms with Crippen molar-refractivity contribution in [3.8, 4) is 0 Å². The average Bonchev–Trinajstić information content (AvgIpc) is 2.71. The standard InChI is InChI=1S/C14H16N2O/c1-10-7-11(9-16(2)8-10)14-12-5-3-4-6-13(12)17-15-14/h3-7,10H,8-9H2,1-2H3. The molecule has 3 nitrogen and oxygen atoms in total. The van der Waals surface area contributed by atoms with E-state index in [9.17, 15) is 0 Å². The lowest BCUT2D eigenvalue weighted by molar-refractivity contribution is 0.328. The molecule has 0 aliphatic carbocycles. The maximum Gasteiger partial charge on any atom is 0.167 e. The van der Waals surface area contributed by atoms with Gasteiger partial charge in [0.2, 0.25) is 0 Å². The Labute approximate surface area is 101 Å². The highest BCUT2D eigenvalue weighted by Crippen LogP contribution is 2.28. The van der Waals surface area contributed by atoms with Crippen LogP contribution in [0.1, 0.15) is 12.6 Å². The zero-order chi connectivity index (χ0) is 11.8. The Morgan fingerprint density at radius 2 is 2.18 bits per heavy atom. The number of hydrogen-bond acceptors (Lipinski definition) is 3. The number of likely N-dealkylation sites (N-methyl/N-ethyl adjacent to an activating group) is 1. The molecule has 0 fully saturated rings. The SMILES string of the molecule is CC1C=C(c2noc3ccccc23)CN(C)C1. The minimum atomic E-state index is 0.569. The van der Waals surface area contributed by atoms with Crippen molar-refractivity contribution in [2.75, 3.05) is 20.1 Å². The summed E-state index contributed by atoms with van der Waals surface area (Å²) in [6.45, 7) is 4.29. The monoisotopic (exact) mass is 228 g/mol. The van der Waals surface area contributed by atoms with Crippen LogP contribution in [0.4, 0.5) is 0 Å². The van der Waals surface area contributed by atoms with Gasteiger partial charge in [-0.3, -0.25) is 0 Å². The Bertz CT molecular complexity index is 570. The summed E-state index contributed by atoms with van der Waals surface area (Å²) in [5.74, 6) is 0.569. The van der Waals surface area contributed by atoms with Gasteiger partial charge in [0.25, 0.3) is 0 Å². The summed E-state index contributed by atoms with van der Waals surface area (Å²) in [5, 5.41) is 5.33. The molecule has 1 aromatic heterocycles. The van der Waals surface area contributed by atoms with E-state index in [-0.39, 0.29) is 0 Å². The molecule has 2 aromatic rings. The van der Waals surface area contributed by atoms with Crippen molar-refractivity contribution in [1.29, 1.82) is 0 Å². The molecule has 3 heteroatoms. The third kappa shape index (κ3) is 1.87. The number of nitrogens with zero attached hydrogens (tertiary/aromatic N) is 2. The summed E-state index contributed by atoms with van der Waals surface area (Å²) in [7, 11) is 2.14. The van der Waals surface area contributed by atoms with E-state index in [1.807, 2.05) is 18.2 Å². The third-order valence-corrected chi connectivity index (χ3v) is 3.21. The molecule has 0 saturated carbocycles. The lowest BCUT2D eigenvalue weighted by Gasteiger charge is -2.26. The van der Waals surface area contributed by atoms with Crippen molar-refractivity contribution in [3.05, 3.63) is 36.0 Å². The van der Waals surface area contributed by atoms with Gasteiger partial charge in [0.1, 0.15) is 5.69 Å². The summed E-state index contributed by atoms with van der Waals surface area (Å²) in [5.41, 5.74) is 3.14. The van der Waals surface area contributed by atoms with Crippen LogP contribution in [0.25, 0.3) is 16.5 Å². The van der Waals surface area contributed by atoms with Gasteiger partial charge in [-0.2, -0.15) is 0 Å². The Morgan fingerprint density at radius 3 is 3.00 bits per heavy atom. The third-order valence-electron chi connectivity index (χ3n) is 3.21. The maximum absolute atomic E-state index is 5.36. The minimum absolute atomic E-state index is 0.569. The van der Waals surface area contributed by atoms with Crippen LogP contribution in [-0.4, -0.2) is 30.2 Å². The van der Waals surface area contributed by atoms with E-state index < -0.39 is 0 Å². The molecule has 1 aromatic carbocycles. The summed E-state index contributed by atoms with van der Waals surface area (Å²) in [4.78, 5) is 2.32. The predicted octanol–water partition coefficient (Wildman–Crippen LogP) is 2.79. The van der Waals surface area contributed by atoms with E-state index >= 15 is 0 Å². The Kier molecular flexibility index (Phi) is 2.48. The van der Waals surface area contributed by atoms with Crippen molar-refractivity contribution in [2.45, 2.75) is 6.92 Å². The van der Waals surface area contributed by atoms with Crippen molar-refractivity contribution in [2.24, 2.45) is 5.92 Å². The van der Waals surface area contributed by atoms with Crippen LogP contribution in [0.3, 0.4) is 0 Å². The first kappa shape index (κ1) is 10.5. The lowest BCUT2D eigenvalue weighted by Crippen LogP contribution is -2.29. The van der Waals surface area contributed by atoms with E-state index in [2.05, 4.69) is 36.2 Å². The van der Waals surface area contributed by atoms with Crippen molar-refractivity contribution >= 4 is 16.5 Å². The Morgan fingerprint density at radius 1 is 1.35 bits per heavy atom.